The van der Waals surface area contributed by atoms with E-state index in [1.807, 2.05) is 24.5 Å². The maximum Gasteiger partial charge on any atom is 0.141 e. The first kappa shape index (κ1) is 12.2. The van der Waals surface area contributed by atoms with E-state index in [0.29, 0.717) is 6.54 Å². The van der Waals surface area contributed by atoms with Crippen molar-refractivity contribution in [2.75, 3.05) is 12.4 Å². The van der Waals surface area contributed by atoms with Crippen LogP contribution >= 0.6 is 0 Å². The molecule has 0 amide bonds. The van der Waals surface area contributed by atoms with Crippen LogP contribution in [0.1, 0.15) is 11.1 Å². The summed E-state index contributed by atoms with van der Waals surface area (Å²) in [7, 11) is 1.67. The second-order valence-corrected chi connectivity index (χ2v) is 4.07. The van der Waals surface area contributed by atoms with Crippen molar-refractivity contribution in [1.82, 2.24) is 9.78 Å². The largest absolute Gasteiger partial charge is 0.495 e. The van der Waals surface area contributed by atoms with Crippen molar-refractivity contribution in [2.45, 2.75) is 13.5 Å². The summed E-state index contributed by atoms with van der Waals surface area (Å²) in [5.41, 5.74) is 3.28. The van der Waals surface area contributed by atoms with Crippen LogP contribution in [0.25, 0.3) is 6.20 Å². The predicted octanol–water partition coefficient (Wildman–Crippen LogP) is 2.91. The lowest BCUT2D eigenvalue weighted by molar-refractivity contribution is 0.416. The van der Waals surface area contributed by atoms with Crippen LogP contribution in [0.15, 0.2) is 37.2 Å². The Balaban J connectivity index is 2.09. The molecule has 2 aromatic rings. The minimum absolute atomic E-state index is 0.702. The zero-order valence-corrected chi connectivity index (χ0v) is 10.7. The maximum atomic E-state index is 5.32. The van der Waals surface area contributed by atoms with E-state index in [0.717, 1.165) is 17.0 Å². The molecule has 0 unspecified atom stereocenters. The van der Waals surface area contributed by atoms with E-state index in [-0.39, 0.29) is 0 Å². The SMILES string of the molecule is C=Cn1cc(CNc2cc(C)ccc2OC)cn1. The highest BCUT2D eigenvalue weighted by atomic mass is 16.5. The van der Waals surface area contributed by atoms with Gasteiger partial charge in [0.25, 0.3) is 0 Å². The van der Waals surface area contributed by atoms with Crippen LogP contribution in [-0.2, 0) is 6.54 Å². The van der Waals surface area contributed by atoms with Gasteiger partial charge in [0, 0.05) is 24.5 Å². The number of anilines is 1. The average molecular weight is 243 g/mol. The van der Waals surface area contributed by atoms with Gasteiger partial charge in [-0.2, -0.15) is 5.10 Å². The number of benzene rings is 1. The Morgan fingerprint density at radius 3 is 3.00 bits per heavy atom. The molecule has 4 heteroatoms. The third-order valence-corrected chi connectivity index (χ3v) is 2.68. The Bertz CT molecular complexity index is 546. The number of aromatic nitrogens is 2. The summed E-state index contributed by atoms with van der Waals surface area (Å²) in [4.78, 5) is 0. The van der Waals surface area contributed by atoms with E-state index < -0.39 is 0 Å². The van der Waals surface area contributed by atoms with Crippen molar-refractivity contribution in [1.29, 1.82) is 0 Å². The molecule has 0 saturated heterocycles. The zero-order valence-electron chi connectivity index (χ0n) is 10.7. The third kappa shape index (κ3) is 2.71. The monoisotopic (exact) mass is 243 g/mol. The lowest BCUT2D eigenvalue weighted by Crippen LogP contribution is -2.01. The normalized spacial score (nSPS) is 10.1. The van der Waals surface area contributed by atoms with Crippen LogP contribution in [0, 0.1) is 6.92 Å². The average Bonchev–Trinajstić information content (AvgIpc) is 2.84. The fourth-order valence-electron chi connectivity index (χ4n) is 1.73. The zero-order chi connectivity index (χ0) is 13.0. The highest BCUT2D eigenvalue weighted by Gasteiger charge is 2.03. The molecule has 2 rings (SSSR count). The van der Waals surface area contributed by atoms with Crippen LogP contribution in [0.3, 0.4) is 0 Å². The van der Waals surface area contributed by atoms with Gasteiger partial charge >= 0.3 is 0 Å². The Hall–Kier alpha value is -2.23. The molecule has 0 aliphatic rings. The van der Waals surface area contributed by atoms with Gasteiger partial charge in [-0.25, -0.2) is 4.68 Å². The summed E-state index contributed by atoms with van der Waals surface area (Å²) in [6, 6.07) is 6.06. The van der Waals surface area contributed by atoms with Gasteiger partial charge in [0.1, 0.15) is 5.75 Å². The smallest absolute Gasteiger partial charge is 0.141 e. The number of methoxy groups -OCH3 is 1. The minimum atomic E-state index is 0.702. The van der Waals surface area contributed by atoms with Crippen molar-refractivity contribution < 1.29 is 4.74 Å². The summed E-state index contributed by atoms with van der Waals surface area (Å²) in [6.07, 6.45) is 5.41. The summed E-state index contributed by atoms with van der Waals surface area (Å²) in [6.45, 7) is 6.42. The molecule has 18 heavy (non-hydrogen) atoms. The van der Waals surface area contributed by atoms with Gasteiger partial charge in [0.2, 0.25) is 0 Å². The van der Waals surface area contributed by atoms with Crippen LogP contribution in [0.4, 0.5) is 5.69 Å². The maximum absolute atomic E-state index is 5.32. The Labute approximate surface area is 107 Å². The number of ether oxygens (including phenoxy) is 1. The molecule has 1 N–H and O–H groups in total. The number of nitrogens with one attached hydrogen (secondary N) is 1. The number of rotatable bonds is 5. The van der Waals surface area contributed by atoms with Crippen LogP contribution in [0.2, 0.25) is 0 Å². The van der Waals surface area contributed by atoms with Crippen molar-refractivity contribution >= 4 is 11.9 Å². The molecule has 94 valence electrons. The standard InChI is InChI=1S/C14H17N3O/c1-4-17-10-12(9-16-17)8-15-13-7-11(2)5-6-14(13)18-3/h4-7,9-10,15H,1,8H2,2-3H3. The quantitative estimate of drug-likeness (QED) is 0.877. The second-order valence-electron chi connectivity index (χ2n) is 4.07. The first-order valence-electron chi connectivity index (χ1n) is 5.77. The summed E-state index contributed by atoms with van der Waals surface area (Å²) < 4.78 is 7.00. The van der Waals surface area contributed by atoms with Crippen molar-refractivity contribution in [3.63, 3.8) is 0 Å². The molecule has 1 heterocycles. The third-order valence-electron chi connectivity index (χ3n) is 2.68. The van der Waals surface area contributed by atoms with Gasteiger partial charge in [0.15, 0.2) is 0 Å². The first-order valence-corrected chi connectivity index (χ1v) is 5.77. The van der Waals surface area contributed by atoms with Crippen LogP contribution < -0.4 is 10.1 Å². The minimum Gasteiger partial charge on any atom is -0.495 e. The molecule has 4 nitrogen and oxygen atoms in total. The molecule has 1 aromatic heterocycles. The molecule has 0 spiro atoms. The molecule has 0 atom stereocenters. The summed E-state index contributed by atoms with van der Waals surface area (Å²) in [5.74, 6) is 0.844. The second kappa shape index (κ2) is 5.40. The molecule has 0 radical (unpaired) electrons. The van der Waals surface area contributed by atoms with Gasteiger partial charge in [-0.1, -0.05) is 12.6 Å². The van der Waals surface area contributed by atoms with Crippen molar-refractivity contribution in [3.8, 4) is 5.75 Å². The Kier molecular flexibility index (Phi) is 3.67. The molecular formula is C14H17N3O. The topological polar surface area (TPSA) is 39.1 Å². The number of hydrogen-bond acceptors (Lipinski definition) is 3. The fraction of sp³-hybridized carbons (Fsp3) is 0.214. The number of hydrogen-bond donors (Lipinski definition) is 1. The van der Waals surface area contributed by atoms with E-state index in [9.17, 15) is 0 Å². The highest BCUT2D eigenvalue weighted by molar-refractivity contribution is 5.58. The molecular weight excluding hydrogens is 226 g/mol. The van der Waals surface area contributed by atoms with Crippen molar-refractivity contribution in [3.05, 3.63) is 48.3 Å². The van der Waals surface area contributed by atoms with Gasteiger partial charge in [-0.3, -0.25) is 0 Å². The molecule has 0 aliphatic heterocycles. The number of nitrogens with zero attached hydrogens (tertiary/aromatic N) is 2. The molecule has 0 bridgehead atoms. The first-order chi connectivity index (χ1) is 8.72. The predicted molar refractivity (Wildman–Crippen MR) is 73.7 cm³/mol. The molecule has 0 aliphatic carbocycles. The van der Waals surface area contributed by atoms with Crippen molar-refractivity contribution in [2.24, 2.45) is 0 Å². The van der Waals surface area contributed by atoms with Crippen LogP contribution in [-0.4, -0.2) is 16.9 Å². The molecule has 0 saturated carbocycles. The Morgan fingerprint density at radius 2 is 2.33 bits per heavy atom. The lowest BCUT2D eigenvalue weighted by Gasteiger charge is -2.11. The van der Waals surface area contributed by atoms with Gasteiger partial charge < -0.3 is 10.1 Å². The van der Waals surface area contributed by atoms with E-state index in [1.54, 1.807) is 18.0 Å². The summed E-state index contributed by atoms with van der Waals surface area (Å²) in [5, 5.41) is 7.48. The van der Waals surface area contributed by atoms with E-state index >= 15 is 0 Å². The summed E-state index contributed by atoms with van der Waals surface area (Å²) >= 11 is 0. The molecule has 1 aromatic carbocycles. The lowest BCUT2D eigenvalue weighted by atomic mass is 10.2. The molecule has 0 fully saturated rings. The van der Waals surface area contributed by atoms with E-state index in [1.165, 1.54) is 5.56 Å². The fourth-order valence-corrected chi connectivity index (χ4v) is 1.73. The van der Waals surface area contributed by atoms with Gasteiger partial charge in [-0.15, -0.1) is 0 Å². The van der Waals surface area contributed by atoms with E-state index in [2.05, 4.69) is 30.0 Å². The van der Waals surface area contributed by atoms with Gasteiger partial charge in [0.05, 0.1) is 19.0 Å². The highest BCUT2D eigenvalue weighted by Crippen LogP contribution is 2.25. The van der Waals surface area contributed by atoms with Gasteiger partial charge in [-0.05, 0) is 24.6 Å². The van der Waals surface area contributed by atoms with Crippen LogP contribution in [0.5, 0.6) is 5.75 Å². The number of aryl methyl sites for hydroxylation is 1. The Morgan fingerprint density at radius 1 is 1.50 bits per heavy atom. The van der Waals surface area contributed by atoms with E-state index in [4.69, 9.17) is 4.74 Å².